The fraction of sp³-hybridized carbons (Fsp3) is 0.571. The van der Waals surface area contributed by atoms with E-state index in [4.69, 9.17) is 16.3 Å². The Kier molecular flexibility index (Phi) is 5.78. The van der Waals surface area contributed by atoms with Crippen LogP contribution < -0.4 is 10.9 Å². The van der Waals surface area contributed by atoms with Crippen molar-refractivity contribution in [1.82, 2.24) is 15.2 Å². The van der Waals surface area contributed by atoms with E-state index in [9.17, 15) is 9.59 Å². The van der Waals surface area contributed by atoms with Crippen LogP contribution in [0, 0.1) is 0 Å². The Morgan fingerprint density at radius 1 is 1.62 bits per heavy atom. The molecule has 0 aromatic carbocycles. The Balaban J connectivity index is 1.81. The van der Waals surface area contributed by atoms with Gasteiger partial charge in [-0.1, -0.05) is 18.5 Å². The molecule has 0 saturated carbocycles. The molecule has 0 aliphatic carbocycles. The molecule has 1 unspecified atom stereocenters. The number of amides is 1. The van der Waals surface area contributed by atoms with Crippen LogP contribution in [0.15, 0.2) is 17.1 Å². The third-order valence-corrected chi connectivity index (χ3v) is 3.75. The fourth-order valence-electron chi connectivity index (χ4n) is 2.31. The number of hydrogen-bond acceptors (Lipinski definition) is 4. The molecule has 1 saturated heterocycles. The smallest absolute Gasteiger partial charge is 0.260 e. The lowest BCUT2D eigenvalue weighted by atomic mass is 10.2. The molecule has 0 spiro atoms. The second kappa shape index (κ2) is 7.59. The molecule has 116 valence electrons. The predicted molar refractivity (Wildman–Crippen MR) is 80.9 cm³/mol. The molecule has 1 fully saturated rings. The minimum atomic E-state index is -0.442. The molecule has 1 amide bonds. The lowest BCUT2D eigenvalue weighted by Gasteiger charge is -2.32. The first kappa shape index (κ1) is 16.0. The van der Waals surface area contributed by atoms with Crippen molar-refractivity contribution < 1.29 is 9.53 Å². The largest absolute Gasteiger partial charge is 0.375 e. The maximum atomic E-state index is 11.9. The number of aromatic nitrogens is 1. The Morgan fingerprint density at radius 3 is 3.19 bits per heavy atom. The van der Waals surface area contributed by atoms with Crippen molar-refractivity contribution in [2.24, 2.45) is 0 Å². The standard InChI is InChI=1S/C14H20ClN3O3/c1-2-18-5-6-21-11(9-18)3-4-16-13(19)12-7-10(15)8-17-14(12)20/h7-8,11H,2-6,9H2,1H3,(H,16,19)(H,17,20). The van der Waals surface area contributed by atoms with Crippen LogP contribution >= 0.6 is 11.6 Å². The van der Waals surface area contributed by atoms with Gasteiger partial charge in [0.05, 0.1) is 17.7 Å². The number of rotatable bonds is 5. The summed E-state index contributed by atoms with van der Waals surface area (Å²) in [7, 11) is 0. The number of carbonyl (C=O) groups excluding carboxylic acids is 1. The third-order valence-electron chi connectivity index (χ3n) is 3.53. The van der Waals surface area contributed by atoms with E-state index in [1.807, 2.05) is 0 Å². The summed E-state index contributed by atoms with van der Waals surface area (Å²) in [6.07, 6.45) is 2.20. The monoisotopic (exact) mass is 313 g/mol. The van der Waals surface area contributed by atoms with Crippen molar-refractivity contribution in [3.8, 4) is 0 Å². The van der Waals surface area contributed by atoms with Gasteiger partial charge in [0, 0.05) is 25.8 Å². The molecule has 1 atom stereocenters. The second-order valence-corrected chi connectivity index (χ2v) is 5.43. The molecule has 7 heteroatoms. The Bertz CT molecular complexity index is 547. The first-order chi connectivity index (χ1) is 10.1. The van der Waals surface area contributed by atoms with Crippen molar-refractivity contribution >= 4 is 17.5 Å². The van der Waals surface area contributed by atoms with Crippen LogP contribution in [0.3, 0.4) is 0 Å². The van der Waals surface area contributed by atoms with Gasteiger partial charge < -0.3 is 15.0 Å². The summed E-state index contributed by atoms with van der Waals surface area (Å²) < 4.78 is 5.66. The summed E-state index contributed by atoms with van der Waals surface area (Å²) in [6.45, 7) is 6.15. The van der Waals surface area contributed by atoms with Gasteiger partial charge in [0.1, 0.15) is 5.56 Å². The van der Waals surface area contributed by atoms with Crippen molar-refractivity contribution in [2.75, 3.05) is 32.8 Å². The van der Waals surface area contributed by atoms with E-state index in [1.54, 1.807) is 0 Å². The summed E-state index contributed by atoms with van der Waals surface area (Å²) in [5.74, 6) is -0.415. The van der Waals surface area contributed by atoms with Gasteiger partial charge in [0.15, 0.2) is 0 Å². The molecule has 1 aromatic rings. The third kappa shape index (κ3) is 4.56. The highest BCUT2D eigenvalue weighted by molar-refractivity contribution is 6.30. The quantitative estimate of drug-likeness (QED) is 0.846. The molecule has 0 bridgehead atoms. The second-order valence-electron chi connectivity index (χ2n) is 4.99. The summed E-state index contributed by atoms with van der Waals surface area (Å²) in [5.41, 5.74) is -0.412. The highest BCUT2D eigenvalue weighted by Crippen LogP contribution is 2.08. The molecular formula is C14H20ClN3O3. The normalized spacial score (nSPS) is 19.4. The molecule has 1 aromatic heterocycles. The number of carbonyl (C=O) groups is 1. The minimum absolute atomic E-state index is 0.0299. The zero-order chi connectivity index (χ0) is 15.2. The zero-order valence-corrected chi connectivity index (χ0v) is 12.8. The average Bonchev–Trinajstić information content (AvgIpc) is 2.49. The van der Waals surface area contributed by atoms with Gasteiger partial charge in [-0.25, -0.2) is 0 Å². The van der Waals surface area contributed by atoms with Crippen LogP contribution in [0.5, 0.6) is 0 Å². The lowest BCUT2D eigenvalue weighted by molar-refractivity contribution is -0.0296. The number of nitrogens with one attached hydrogen (secondary N) is 2. The van der Waals surface area contributed by atoms with Crippen molar-refractivity contribution in [3.63, 3.8) is 0 Å². The van der Waals surface area contributed by atoms with Crippen LogP contribution in [-0.4, -0.2) is 54.7 Å². The van der Waals surface area contributed by atoms with Gasteiger partial charge in [0.2, 0.25) is 0 Å². The summed E-state index contributed by atoms with van der Waals surface area (Å²) in [4.78, 5) is 28.2. The van der Waals surface area contributed by atoms with Crippen LogP contribution in [-0.2, 0) is 4.74 Å². The van der Waals surface area contributed by atoms with Gasteiger partial charge in [-0.15, -0.1) is 0 Å². The van der Waals surface area contributed by atoms with E-state index in [2.05, 4.69) is 22.1 Å². The first-order valence-electron chi connectivity index (χ1n) is 7.10. The summed E-state index contributed by atoms with van der Waals surface area (Å²) in [5, 5.41) is 3.06. The molecule has 2 heterocycles. The van der Waals surface area contributed by atoms with E-state index in [0.29, 0.717) is 11.6 Å². The maximum Gasteiger partial charge on any atom is 0.260 e. The molecule has 6 nitrogen and oxygen atoms in total. The number of ether oxygens (including phenoxy) is 1. The van der Waals surface area contributed by atoms with Crippen molar-refractivity contribution in [3.05, 3.63) is 33.2 Å². The molecule has 2 N–H and O–H groups in total. The predicted octanol–water partition coefficient (Wildman–Crippen LogP) is 0.869. The molecule has 1 aliphatic rings. The van der Waals surface area contributed by atoms with E-state index in [-0.39, 0.29) is 11.7 Å². The van der Waals surface area contributed by atoms with Gasteiger partial charge in [-0.2, -0.15) is 0 Å². The van der Waals surface area contributed by atoms with Gasteiger partial charge in [-0.05, 0) is 19.0 Å². The highest BCUT2D eigenvalue weighted by atomic mass is 35.5. The van der Waals surface area contributed by atoms with Gasteiger partial charge >= 0.3 is 0 Å². The number of H-pyrrole nitrogens is 1. The number of halogens is 1. The van der Waals surface area contributed by atoms with Crippen molar-refractivity contribution in [1.29, 1.82) is 0 Å². The van der Waals surface area contributed by atoms with E-state index in [1.165, 1.54) is 12.3 Å². The van der Waals surface area contributed by atoms with E-state index >= 15 is 0 Å². The van der Waals surface area contributed by atoms with Crippen LogP contribution in [0.1, 0.15) is 23.7 Å². The first-order valence-corrected chi connectivity index (χ1v) is 7.48. The van der Waals surface area contributed by atoms with Crippen LogP contribution in [0.25, 0.3) is 0 Å². The van der Waals surface area contributed by atoms with E-state index < -0.39 is 11.5 Å². The molecule has 2 rings (SSSR count). The average molecular weight is 314 g/mol. The number of hydrogen-bond donors (Lipinski definition) is 2. The lowest BCUT2D eigenvalue weighted by Crippen LogP contribution is -2.43. The number of aromatic amines is 1. The minimum Gasteiger partial charge on any atom is -0.375 e. The highest BCUT2D eigenvalue weighted by Gasteiger charge is 2.19. The van der Waals surface area contributed by atoms with E-state index in [0.717, 1.165) is 32.7 Å². The van der Waals surface area contributed by atoms with Gasteiger partial charge in [-0.3, -0.25) is 14.5 Å². The Morgan fingerprint density at radius 2 is 2.43 bits per heavy atom. The topological polar surface area (TPSA) is 74.4 Å². The van der Waals surface area contributed by atoms with Crippen LogP contribution in [0.2, 0.25) is 5.02 Å². The number of pyridine rings is 1. The number of morpholine rings is 1. The van der Waals surface area contributed by atoms with Gasteiger partial charge in [0.25, 0.3) is 11.5 Å². The molecular weight excluding hydrogens is 294 g/mol. The molecule has 1 aliphatic heterocycles. The zero-order valence-electron chi connectivity index (χ0n) is 12.0. The molecule has 0 radical (unpaired) electrons. The number of likely N-dealkylation sites (N-methyl/N-ethyl adjacent to an activating group) is 1. The fourth-order valence-corrected chi connectivity index (χ4v) is 2.47. The molecule has 21 heavy (non-hydrogen) atoms. The maximum absolute atomic E-state index is 11.9. The SMILES string of the molecule is CCN1CCOC(CCNC(=O)c2cc(Cl)c[nH]c2=O)C1. The number of nitrogens with zero attached hydrogens (tertiary/aromatic N) is 1. The summed E-state index contributed by atoms with van der Waals surface area (Å²) in [6, 6.07) is 1.37. The Labute approximate surface area is 128 Å². The van der Waals surface area contributed by atoms with Crippen LogP contribution in [0.4, 0.5) is 0 Å². The van der Waals surface area contributed by atoms with Crippen molar-refractivity contribution in [2.45, 2.75) is 19.4 Å². The summed E-state index contributed by atoms with van der Waals surface area (Å²) >= 11 is 5.77. The Hall–Kier alpha value is -1.37.